The zero-order chi connectivity index (χ0) is 12.4. The molecule has 0 bridgehead atoms. The van der Waals surface area contributed by atoms with Crippen molar-refractivity contribution < 1.29 is 19.7 Å². The minimum Gasteiger partial charge on any atom is -0.464 e. The molecule has 0 unspecified atom stereocenters. The zero-order valence-corrected chi connectivity index (χ0v) is 10.3. The maximum absolute atomic E-state index is 11.1. The summed E-state index contributed by atoms with van der Waals surface area (Å²) in [5, 5.41) is 18.9. The number of hydrogen-bond acceptors (Lipinski definition) is 4. The van der Waals surface area contributed by atoms with Gasteiger partial charge in [0.2, 0.25) is 0 Å². The largest absolute Gasteiger partial charge is 0.464 e. The van der Waals surface area contributed by atoms with E-state index in [1.807, 2.05) is 0 Å². The number of unbranched alkanes of at least 4 members (excludes halogenated alkanes) is 4. The van der Waals surface area contributed by atoms with Gasteiger partial charge in [-0.1, -0.05) is 39.0 Å². The van der Waals surface area contributed by atoms with Gasteiger partial charge in [-0.2, -0.15) is 0 Å². The normalized spacial score (nSPS) is 14.5. The van der Waals surface area contributed by atoms with Gasteiger partial charge in [0.25, 0.3) is 0 Å². The minimum atomic E-state index is -1.40. The van der Waals surface area contributed by atoms with Gasteiger partial charge < -0.3 is 14.9 Å². The van der Waals surface area contributed by atoms with Crippen LogP contribution < -0.4 is 0 Å². The molecule has 0 spiro atoms. The lowest BCUT2D eigenvalue weighted by Crippen LogP contribution is -2.35. The van der Waals surface area contributed by atoms with Crippen molar-refractivity contribution >= 4 is 5.97 Å². The first kappa shape index (κ1) is 15.4. The fourth-order valence-corrected chi connectivity index (χ4v) is 1.50. The summed E-state index contributed by atoms with van der Waals surface area (Å²) in [6, 6.07) is 0. The van der Waals surface area contributed by atoms with Crippen molar-refractivity contribution in [2.24, 2.45) is 0 Å². The van der Waals surface area contributed by atoms with Crippen LogP contribution in [0, 0.1) is 0 Å². The number of carbonyl (C=O) groups is 1. The summed E-state index contributed by atoms with van der Waals surface area (Å²) < 4.78 is 4.62. The molecule has 2 atom stereocenters. The van der Waals surface area contributed by atoms with Crippen LogP contribution in [0.3, 0.4) is 0 Å². The lowest BCUT2D eigenvalue weighted by atomic mass is 10.0. The highest BCUT2D eigenvalue weighted by Crippen LogP contribution is 2.10. The van der Waals surface area contributed by atoms with Gasteiger partial charge in [-0.05, 0) is 13.3 Å². The number of esters is 1. The second kappa shape index (κ2) is 9.60. The van der Waals surface area contributed by atoms with Crippen LogP contribution in [0.5, 0.6) is 0 Å². The van der Waals surface area contributed by atoms with E-state index in [4.69, 9.17) is 0 Å². The summed E-state index contributed by atoms with van der Waals surface area (Å²) in [6.07, 6.45) is 3.41. The molecule has 0 saturated carbocycles. The molecule has 0 amide bonds. The van der Waals surface area contributed by atoms with E-state index >= 15 is 0 Å². The molecule has 0 aromatic rings. The Morgan fingerprint density at radius 3 is 2.31 bits per heavy atom. The Balaban J connectivity index is 3.62. The summed E-state index contributed by atoms with van der Waals surface area (Å²) in [5.74, 6) is -0.733. The second-order valence-corrected chi connectivity index (χ2v) is 3.97. The van der Waals surface area contributed by atoms with Crippen LogP contribution in [-0.4, -0.2) is 35.0 Å². The molecule has 96 valence electrons. The Bertz CT molecular complexity index is 182. The van der Waals surface area contributed by atoms with E-state index in [-0.39, 0.29) is 6.61 Å². The predicted octanol–water partition coefficient (Wildman–Crippen LogP) is 1.63. The van der Waals surface area contributed by atoms with Crippen molar-refractivity contribution in [1.29, 1.82) is 0 Å². The van der Waals surface area contributed by atoms with Gasteiger partial charge in [-0.3, -0.25) is 0 Å². The molecule has 4 heteroatoms. The van der Waals surface area contributed by atoms with E-state index in [2.05, 4.69) is 11.7 Å². The lowest BCUT2D eigenvalue weighted by Gasteiger charge is -2.15. The first-order valence-corrected chi connectivity index (χ1v) is 6.16. The molecule has 2 N–H and O–H groups in total. The molecule has 0 saturated heterocycles. The summed E-state index contributed by atoms with van der Waals surface area (Å²) in [5.41, 5.74) is 0. The maximum Gasteiger partial charge on any atom is 0.337 e. The molecule has 0 fully saturated rings. The fraction of sp³-hybridized carbons (Fsp3) is 0.917. The predicted molar refractivity (Wildman–Crippen MR) is 62.0 cm³/mol. The third-order valence-corrected chi connectivity index (χ3v) is 2.50. The summed E-state index contributed by atoms with van der Waals surface area (Å²) in [7, 11) is 0. The van der Waals surface area contributed by atoms with Crippen LogP contribution in [0.4, 0.5) is 0 Å². The summed E-state index contributed by atoms with van der Waals surface area (Å²) >= 11 is 0. The molecule has 4 nitrogen and oxygen atoms in total. The Kier molecular flexibility index (Phi) is 9.24. The molecule has 0 aliphatic heterocycles. The van der Waals surface area contributed by atoms with Crippen LogP contribution in [0.1, 0.15) is 52.4 Å². The minimum absolute atomic E-state index is 0.221. The Labute approximate surface area is 97.6 Å². The number of aliphatic hydroxyl groups excluding tert-OH is 2. The van der Waals surface area contributed by atoms with Crippen molar-refractivity contribution in [3.63, 3.8) is 0 Å². The van der Waals surface area contributed by atoms with Gasteiger partial charge in [0, 0.05) is 0 Å². The highest BCUT2D eigenvalue weighted by Gasteiger charge is 2.24. The van der Waals surface area contributed by atoms with E-state index in [1.54, 1.807) is 6.92 Å². The van der Waals surface area contributed by atoms with Crippen molar-refractivity contribution in [2.75, 3.05) is 6.61 Å². The summed E-state index contributed by atoms with van der Waals surface area (Å²) in [4.78, 5) is 11.1. The molecule has 0 heterocycles. The maximum atomic E-state index is 11.1. The number of rotatable bonds is 9. The molecule has 0 rings (SSSR count). The molecular formula is C12H24O4. The quantitative estimate of drug-likeness (QED) is 0.468. The second-order valence-electron chi connectivity index (χ2n) is 3.97. The highest BCUT2D eigenvalue weighted by molar-refractivity contribution is 5.75. The summed E-state index contributed by atoms with van der Waals surface area (Å²) in [6.45, 7) is 4.03. The lowest BCUT2D eigenvalue weighted by molar-refractivity contribution is -0.159. The first-order chi connectivity index (χ1) is 7.63. The standard InChI is InChI=1S/C12H24O4/c1-3-5-6-7-8-9-10(13)11(14)12(15)16-4-2/h10-11,13-14H,3-9H2,1-2H3/t10-,11+/m0/s1. The van der Waals surface area contributed by atoms with E-state index in [9.17, 15) is 15.0 Å². The van der Waals surface area contributed by atoms with Gasteiger partial charge in [-0.15, -0.1) is 0 Å². The van der Waals surface area contributed by atoms with Crippen LogP contribution in [0.2, 0.25) is 0 Å². The number of hydrogen-bond donors (Lipinski definition) is 2. The van der Waals surface area contributed by atoms with Crippen molar-refractivity contribution in [1.82, 2.24) is 0 Å². The fourth-order valence-electron chi connectivity index (χ4n) is 1.50. The number of ether oxygens (including phenoxy) is 1. The van der Waals surface area contributed by atoms with Gasteiger partial charge in [0.1, 0.15) is 0 Å². The average Bonchev–Trinajstić information content (AvgIpc) is 2.27. The smallest absolute Gasteiger partial charge is 0.337 e. The molecule has 0 aliphatic rings. The van der Waals surface area contributed by atoms with Gasteiger partial charge in [0.15, 0.2) is 6.10 Å². The number of aliphatic hydroxyl groups is 2. The van der Waals surface area contributed by atoms with Crippen molar-refractivity contribution in [2.45, 2.75) is 64.6 Å². The van der Waals surface area contributed by atoms with Gasteiger partial charge in [0.05, 0.1) is 12.7 Å². The monoisotopic (exact) mass is 232 g/mol. The van der Waals surface area contributed by atoms with Crippen LogP contribution in [0.15, 0.2) is 0 Å². The molecule has 0 aliphatic carbocycles. The van der Waals surface area contributed by atoms with E-state index in [0.29, 0.717) is 6.42 Å². The van der Waals surface area contributed by atoms with E-state index in [0.717, 1.165) is 19.3 Å². The van der Waals surface area contributed by atoms with Crippen LogP contribution in [-0.2, 0) is 9.53 Å². The highest BCUT2D eigenvalue weighted by atomic mass is 16.5. The Hall–Kier alpha value is -0.610. The molecule has 0 radical (unpaired) electrons. The number of carbonyl (C=O) groups excluding carboxylic acids is 1. The van der Waals surface area contributed by atoms with Crippen LogP contribution >= 0.6 is 0 Å². The molecular weight excluding hydrogens is 208 g/mol. The van der Waals surface area contributed by atoms with E-state index < -0.39 is 18.2 Å². The van der Waals surface area contributed by atoms with Gasteiger partial charge >= 0.3 is 5.97 Å². The van der Waals surface area contributed by atoms with Crippen molar-refractivity contribution in [3.05, 3.63) is 0 Å². The van der Waals surface area contributed by atoms with Crippen molar-refractivity contribution in [3.8, 4) is 0 Å². The topological polar surface area (TPSA) is 66.8 Å². The average molecular weight is 232 g/mol. The SMILES string of the molecule is CCCCCCC[C@H](O)[C@@H](O)C(=O)OCC. The van der Waals surface area contributed by atoms with Crippen LogP contribution in [0.25, 0.3) is 0 Å². The Morgan fingerprint density at radius 2 is 1.75 bits per heavy atom. The third kappa shape index (κ3) is 6.80. The first-order valence-electron chi connectivity index (χ1n) is 6.16. The zero-order valence-electron chi connectivity index (χ0n) is 10.3. The molecule has 0 aromatic heterocycles. The third-order valence-electron chi connectivity index (χ3n) is 2.50. The molecule has 0 aromatic carbocycles. The molecule has 16 heavy (non-hydrogen) atoms. The van der Waals surface area contributed by atoms with Gasteiger partial charge in [-0.25, -0.2) is 4.79 Å². The Morgan fingerprint density at radius 1 is 1.12 bits per heavy atom. The van der Waals surface area contributed by atoms with E-state index in [1.165, 1.54) is 12.8 Å².